The minimum Gasteiger partial charge on any atom is -0.469 e. The number of nitrogens with one attached hydrogen (secondary N) is 1. The Morgan fingerprint density at radius 1 is 1.13 bits per heavy atom. The molecule has 1 N–H and O–H groups in total. The van der Waals surface area contributed by atoms with Crippen molar-refractivity contribution in [2.45, 2.75) is 19.3 Å². The maximum atomic E-state index is 11.8. The second kappa shape index (κ2) is 7.74. The first-order valence-electron chi connectivity index (χ1n) is 7.60. The van der Waals surface area contributed by atoms with Crippen LogP contribution in [0.15, 0.2) is 58.5 Å². The Balaban J connectivity index is 1.42. The number of thiazole rings is 1. The molecule has 0 spiro atoms. The Morgan fingerprint density at radius 3 is 2.78 bits per heavy atom. The minimum atomic E-state index is 0.0416. The van der Waals surface area contributed by atoms with E-state index in [1.54, 1.807) is 17.6 Å². The fourth-order valence-electron chi connectivity index (χ4n) is 2.25. The quantitative estimate of drug-likeness (QED) is 0.720. The van der Waals surface area contributed by atoms with Crippen molar-refractivity contribution in [3.05, 3.63) is 65.6 Å². The lowest BCUT2D eigenvalue weighted by Gasteiger charge is -2.03. The molecule has 0 aliphatic heterocycles. The second-order valence-electron chi connectivity index (χ2n) is 5.19. The Bertz CT molecular complexity index is 735. The average molecular weight is 326 g/mol. The van der Waals surface area contributed by atoms with Crippen LogP contribution >= 0.6 is 11.3 Å². The van der Waals surface area contributed by atoms with Crippen molar-refractivity contribution in [2.24, 2.45) is 0 Å². The van der Waals surface area contributed by atoms with E-state index in [9.17, 15) is 4.79 Å². The lowest BCUT2D eigenvalue weighted by Crippen LogP contribution is -2.25. The van der Waals surface area contributed by atoms with Crippen LogP contribution in [-0.4, -0.2) is 17.4 Å². The van der Waals surface area contributed by atoms with Gasteiger partial charge in [-0.1, -0.05) is 30.3 Å². The fraction of sp³-hybridized carbons (Fsp3) is 0.222. The molecule has 0 bridgehead atoms. The van der Waals surface area contributed by atoms with E-state index in [4.69, 9.17) is 4.42 Å². The Hall–Kier alpha value is -2.40. The first-order chi connectivity index (χ1) is 11.3. The minimum absolute atomic E-state index is 0.0416. The molecule has 0 aliphatic carbocycles. The molecule has 0 atom stereocenters. The van der Waals surface area contributed by atoms with Gasteiger partial charge in [-0.2, -0.15) is 0 Å². The molecule has 0 fully saturated rings. The van der Waals surface area contributed by atoms with Crippen LogP contribution in [-0.2, 0) is 17.6 Å². The largest absolute Gasteiger partial charge is 0.469 e. The van der Waals surface area contributed by atoms with E-state index in [1.807, 2.05) is 30.3 Å². The third-order valence-electron chi connectivity index (χ3n) is 3.45. The molecule has 0 saturated carbocycles. The highest BCUT2D eigenvalue weighted by Gasteiger charge is 2.06. The summed E-state index contributed by atoms with van der Waals surface area (Å²) in [6, 6.07) is 13.8. The van der Waals surface area contributed by atoms with Crippen molar-refractivity contribution >= 4 is 17.2 Å². The summed E-state index contributed by atoms with van der Waals surface area (Å²) in [5, 5.41) is 6.00. The molecule has 23 heavy (non-hydrogen) atoms. The van der Waals surface area contributed by atoms with Crippen LogP contribution in [0.2, 0.25) is 0 Å². The van der Waals surface area contributed by atoms with E-state index in [-0.39, 0.29) is 5.91 Å². The first kappa shape index (κ1) is 15.5. The van der Waals surface area contributed by atoms with Gasteiger partial charge in [0.2, 0.25) is 5.91 Å². The highest BCUT2D eigenvalue weighted by molar-refractivity contribution is 7.13. The van der Waals surface area contributed by atoms with E-state index >= 15 is 0 Å². The van der Waals surface area contributed by atoms with E-state index in [2.05, 4.69) is 27.8 Å². The number of amides is 1. The third-order valence-corrected chi connectivity index (χ3v) is 4.39. The molecule has 0 saturated heterocycles. The Labute approximate surface area is 139 Å². The van der Waals surface area contributed by atoms with Crippen LogP contribution in [0.3, 0.4) is 0 Å². The topological polar surface area (TPSA) is 55.1 Å². The highest BCUT2D eigenvalue weighted by atomic mass is 32.1. The van der Waals surface area contributed by atoms with Gasteiger partial charge in [0.25, 0.3) is 0 Å². The van der Waals surface area contributed by atoms with Crippen molar-refractivity contribution in [1.29, 1.82) is 0 Å². The number of benzene rings is 1. The summed E-state index contributed by atoms with van der Waals surface area (Å²) in [6.07, 6.45) is 3.45. The molecule has 5 heteroatoms. The van der Waals surface area contributed by atoms with E-state index in [0.29, 0.717) is 19.4 Å². The lowest BCUT2D eigenvalue weighted by atomic mass is 10.2. The summed E-state index contributed by atoms with van der Waals surface area (Å²) in [5.41, 5.74) is 2.14. The molecule has 2 aromatic heterocycles. The van der Waals surface area contributed by atoms with Crippen LogP contribution in [0.4, 0.5) is 0 Å². The highest BCUT2D eigenvalue weighted by Crippen LogP contribution is 2.23. The van der Waals surface area contributed by atoms with Gasteiger partial charge in [0, 0.05) is 36.8 Å². The summed E-state index contributed by atoms with van der Waals surface area (Å²) < 4.78 is 5.21. The molecule has 1 amide bonds. The SMILES string of the molecule is O=C(CCc1ccco1)NCCc1csc(-c2ccccc2)n1. The van der Waals surface area contributed by atoms with Gasteiger partial charge in [0.15, 0.2) is 0 Å². The first-order valence-corrected chi connectivity index (χ1v) is 8.48. The number of carbonyl (C=O) groups excluding carboxylic acids is 1. The van der Waals surface area contributed by atoms with E-state index in [1.165, 1.54) is 0 Å². The summed E-state index contributed by atoms with van der Waals surface area (Å²) in [7, 11) is 0. The number of carbonyl (C=O) groups is 1. The maximum absolute atomic E-state index is 11.8. The average Bonchev–Trinajstić information content (AvgIpc) is 3.26. The zero-order chi connectivity index (χ0) is 15.9. The summed E-state index contributed by atoms with van der Waals surface area (Å²) in [5.74, 6) is 0.882. The maximum Gasteiger partial charge on any atom is 0.220 e. The van der Waals surface area contributed by atoms with Gasteiger partial charge in [-0.3, -0.25) is 4.79 Å². The molecule has 4 nitrogen and oxygen atoms in total. The zero-order valence-electron chi connectivity index (χ0n) is 12.7. The second-order valence-corrected chi connectivity index (χ2v) is 6.05. The van der Waals surface area contributed by atoms with Gasteiger partial charge in [-0.05, 0) is 12.1 Å². The summed E-state index contributed by atoms with van der Waals surface area (Å²) >= 11 is 1.63. The summed E-state index contributed by atoms with van der Waals surface area (Å²) in [4.78, 5) is 16.4. The number of hydrogen-bond acceptors (Lipinski definition) is 4. The molecule has 0 radical (unpaired) electrons. The Morgan fingerprint density at radius 2 is 2.00 bits per heavy atom. The van der Waals surface area contributed by atoms with E-state index in [0.717, 1.165) is 28.4 Å². The number of aromatic nitrogens is 1. The third kappa shape index (κ3) is 4.53. The number of nitrogens with zero attached hydrogens (tertiary/aromatic N) is 1. The van der Waals surface area contributed by atoms with Gasteiger partial charge in [0.05, 0.1) is 12.0 Å². The van der Waals surface area contributed by atoms with Gasteiger partial charge in [-0.25, -0.2) is 4.98 Å². The lowest BCUT2D eigenvalue weighted by molar-refractivity contribution is -0.121. The molecular weight excluding hydrogens is 308 g/mol. The van der Waals surface area contributed by atoms with Crippen LogP contribution in [0.1, 0.15) is 17.9 Å². The molecule has 1 aromatic carbocycles. The number of furan rings is 1. The normalized spacial score (nSPS) is 10.6. The van der Waals surface area contributed by atoms with Gasteiger partial charge >= 0.3 is 0 Å². The predicted octanol–water partition coefficient (Wildman–Crippen LogP) is 3.69. The van der Waals surface area contributed by atoms with Crippen LogP contribution in [0, 0.1) is 0 Å². The molecule has 118 valence electrons. The van der Waals surface area contributed by atoms with Gasteiger partial charge < -0.3 is 9.73 Å². The van der Waals surface area contributed by atoms with E-state index < -0.39 is 0 Å². The standard InChI is InChI=1S/C18H18N2O2S/c21-17(9-8-16-7-4-12-22-16)19-11-10-15-13-23-18(20-15)14-5-2-1-3-6-14/h1-7,12-13H,8-11H2,(H,19,21). The molecule has 2 heterocycles. The number of aryl methyl sites for hydroxylation is 1. The molecule has 3 aromatic rings. The van der Waals surface area contributed by atoms with Gasteiger partial charge in [0.1, 0.15) is 10.8 Å². The smallest absolute Gasteiger partial charge is 0.220 e. The van der Waals surface area contributed by atoms with Crippen molar-refractivity contribution in [1.82, 2.24) is 10.3 Å². The molecule has 0 aliphatic rings. The molecule has 0 unspecified atom stereocenters. The van der Waals surface area contributed by atoms with Crippen molar-refractivity contribution in [3.63, 3.8) is 0 Å². The van der Waals surface area contributed by atoms with Crippen LogP contribution in [0.25, 0.3) is 10.6 Å². The fourth-order valence-corrected chi connectivity index (χ4v) is 3.11. The van der Waals surface area contributed by atoms with Crippen LogP contribution < -0.4 is 5.32 Å². The zero-order valence-corrected chi connectivity index (χ0v) is 13.5. The molecule has 3 rings (SSSR count). The van der Waals surface area contributed by atoms with Crippen molar-refractivity contribution in [2.75, 3.05) is 6.54 Å². The Kier molecular flexibility index (Phi) is 5.21. The summed E-state index contributed by atoms with van der Waals surface area (Å²) in [6.45, 7) is 0.606. The monoisotopic (exact) mass is 326 g/mol. The van der Waals surface area contributed by atoms with Crippen molar-refractivity contribution in [3.8, 4) is 10.6 Å². The van der Waals surface area contributed by atoms with Crippen molar-refractivity contribution < 1.29 is 9.21 Å². The predicted molar refractivity (Wildman–Crippen MR) is 91.3 cm³/mol. The van der Waals surface area contributed by atoms with Gasteiger partial charge in [-0.15, -0.1) is 11.3 Å². The number of hydrogen-bond donors (Lipinski definition) is 1. The van der Waals surface area contributed by atoms with Crippen LogP contribution in [0.5, 0.6) is 0 Å². The molecular formula is C18H18N2O2S. The number of rotatable bonds is 7.